The summed E-state index contributed by atoms with van der Waals surface area (Å²) in [5.41, 5.74) is 2.27. The van der Waals surface area contributed by atoms with E-state index < -0.39 is 0 Å². The third-order valence-electron chi connectivity index (χ3n) is 3.36. The summed E-state index contributed by atoms with van der Waals surface area (Å²) < 4.78 is 2.18. The monoisotopic (exact) mass is 260 g/mol. The van der Waals surface area contributed by atoms with Gasteiger partial charge in [0.05, 0.1) is 5.69 Å². The van der Waals surface area contributed by atoms with Crippen molar-refractivity contribution in [3.05, 3.63) is 30.1 Å². The van der Waals surface area contributed by atoms with E-state index in [-0.39, 0.29) is 0 Å². The first kappa shape index (κ1) is 13.9. The van der Waals surface area contributed by atoms with E-state index in [0.29, 0.717) is 0 Å². The van der Waals surface area contributed by atoms with Crippen LogP contribution in [0.1, 0.15) is 32.4 Å². The number of hydrogen-bond acceptors (Lipinski definition) is 3. The van der Waals surface area contributed by atoms with Crippen LogP contribution < -0.4 is 10.2 Å². The van der Waals surface area contributed by atoms with Crippen LogP contribution in [0.5, 0.6) is 0 Å². The van der Waals surface area contributed by atoms with Crippen LogP contribution >= 0.6 is 0 Å². The van der Waals surface area contributed by atoms with Gasteiger partial charge in [-0.3, -0.25) is 0 Å². The highest BCUT2D eigenvalue weighted by atomic mass is 15.2. The van der Waals surface area contributed by atoms with Crippen LogP contribution in [0.4, 0.5) is 5.82 Å². The van der Waals surface area contributed by atoms with Crippen molar-refractivity contribution in [2.75, 3.05) is 25.0 Å². The highest BCUT2D eigenvalue weighted by molar-refractivity contribution is 5.55. The van der Waals surface area contributed by atoms with Crippen LogP contribution in [0, 0.1) is 0 Å². The molecule has 0 aromatic carbocycles. The average molecular weight is 260 g/mol. The number of unbranched alkanes of at least 4 members (excludes halogenated alkanes) is 1. The molecule has 0 spiro atoms. The minimum absolute atomic E-state index is 0.855. The van der Waals surface area contributed by atoms with Crippen LogP contribution in [0.2, 0.25) is 0 Å². The molecule has 4 heteroatoms. The van der Waals surface area contributed by atoms with Gasteiger partial charge in [0.1, 0.15) is 5.65 Å². The number of imidazole rings is 1. The van der Waals surface area contributed by atoms with E-state index in [4.69, 9.17) is 4.98 Å². The first-order chi connectivity index (χ1) is 9.27. The molecule has 1 N–H and O–H groups in total. The lowest BCUT2D eigenvalue weighted by atomic mass is 10.3. The smallest absolute Gasteiger partial charge is 0.152 e. The standard InChI is InChI=1S/C15H24N4/c1-4-6-10-18(3)15-13(12-16-5-2)19-11-8-7-9-14(19)17-15/h7-9,11,16H,4-6,10,12H2,1-3H3. The Morgan fingerprint density at radius 2 is 2.16 bits per heavy atom. The summed E-state index contributed by atoms with van der Waals surface area (Å²) in [4.78, 5) is 7.03. The van der Waals surface area contributed by atoms with Crippen LogP contribution in [0.15, 0.2) is 24.4 Å². The van der Waals surface area contributed by atoms with E-state index in [1.807, 2.05) is 6.07 Å². The zero-order valence-corrected chi connectivity index (χ0v) is 12.2. The molecule has 0 aliphatic rings. The molecule has 0 unspecified atom stereocenters. The van der Waals surface area contributed by atoms with E-state index in [0.717, 1.165) is 31.1 Å². The van der Waals surface area contributed by atoms with Crippen LogP contribution in [0.25, 0.3) is 5.65 Å². The summed E-state index contributed by atoms with van der Waals surface area (Å²) in [5.74, 6) is 1.10. The number of fused-ring (bicyclic) bond motifs is 1. The van der Waals surface area contributed by atoms with Crippen molar-refractivity contribution < 1.29 is 0 Å². The van der Waals surface area contributed by atoms with Gasteiger partial charge in [-0.05, 0) is 25.1 Å². The summed E-state index contributed by atoms with van der Waals surface area (Å²) in [6.07, 6.45) is 4.50. The quantitative estimate of drug-likeness (QED) is 0.831. The topological polar surface area (TPSA) is 32.6 Å². The van der Waals surface area contributed by atoms with Gasteiger partial charge in [-0.25, -0.2) is 4.98 Å². The fourth-order valence-corrected chi connectivity index (χ4v) is 2.25. The van der Waals surface area contributed by atoms with Gasteiger partial charge in [0.2, 0.25) is 0 Å². The number of pyridine rings is 1. The molecule has 104 valence electrons. The van der Waals surface area contributed by atoms with E-state index in [2.05, 4.69) is 53.8 Å². The SMILES string of the molecule is CCCCN(C)c1nc2ccccn2c1CNCC. The lowest BCUT2D eigenvalue weighted by molar-refractivity contribution is 0.697. The van der Waals surface area contributed by atoms with Crippen molar-refractivity contribution in [1.82, 2.24) is 14.7 Å². The van der Waals surface area contributed by atoms with Gasteiger partial charge < -0.3 is 14.6 Å². The molecule has 19 heavy (non-hydrogen) atoms. The Labute approximate surface area is 115 Å². The van der Waals surface area contributed by atoms with Crippen molar-refractivity contribution in [3.8, 4) is 0 Å². The molecule has 0 aliphatic heterocycles. The van der Waals surface area contributed by atoms with Crippen LogP contribution in [0.3, 0.4) is 0 Å². The highest BCUT2D eigenvalue weighted by Gasteiger charge is 2.14. The normalized spacial score (nSPS) is 11.1. The molecule has 0 amide bonds. The van der Waals surface area contributed by atoms with Crippen LogP contribution in [-0.2, 0) is 6.54 Å². The summed E-state index contributed by atoms with van der Waals surface area (Å²) >= 11 is 0. The maximum absolute atomic E-state index is 4.77. The van der Waals surface area contributed by atoms with E-state index in [1.165, 1.54) is 18.5 Å². The number of rotatable bonds is 7. The Bertz CT molecular complexity index is 518. The van der Waals surface area contributed by atoms with Crippen molar-refractivity contribution in [3.63, 3.8) is 0 Å². The fourth-order valence-electron chi connectivity index (χ4n) is 2.25. The maximum Gasteiger partial charge on any atom is 0.152 e. The van der Waals surface area contributed by atoms with Crippen molar-refractivity contribution in [2.45, 2.75) is 33.2 Å². The molecular formula is C15H24N4. The molecule has 0 aliphatic carbocycles. The zero-order valence-electron chi connectivity index (χ0n) is 12.2. The Balaban J connectivity index is 2.34. The van der Waals surface area contributed by atoms with Gasteiger partial charge in [-0.15, -0.1) is 0 Å². The number of aromatic nitrogens is 2. The first-order valence-corrected chi connectivity index (χ1v) is 7.15. The largest absolute Gasteiger partial charge is 0.358 e. The molecular weight excluding hydrogens is 236 g/mol. The molecule has 2 aromatic heterocycles. The third kappa shape index (κ3) is 3.07. The second kappa shape index (κ2) is 6.57. The Morgan fingerprint density at radius 1 is 1.32 bits per heavy atom. The predicted octanol–water partition coefficient (Wildman–Crippen LogP) is 2.68. The van der Waals surface area contributed by atoms with E-state index in [1.54, 1.807) is 0 Å². The molecule has 0 bridgehead atoms. The van der Waals surface area contributed by atoms with Crippen molar-refractivity contribution in [2.24, 2.45) is 0 Å². The predicted molar refractivity (Wildman–Crippen MR) is 80.8 cm³/mol. The second-order valence-corrected chi connectivity index (χ2v) is 4.87. The molecule has 0 saturated heterocycles. The Kier molecular flexibility index (Phi) is 4.80. The van der Waals surface area contributed by atoms with Gasteiger partial charge in [0.15, 0.2) is 5.82 Å². The van der Waals surface area contributed by atoms with Gasteiger partial charge in [-0.1, -0.05) is 26.3 Å². The fraction of sp³-hybridized carbons (Fsp3) is 0.533. The molecule has 0 saturated carbocycles. The molecule has 2 aromatic rings. The number of nitrogens with zero attached hydrogens (tertiary/aromatic N) is 3. The highest BCUT2D eigenvalue weighted by Crippen LogP contribution is 2.21. The summed E-state index contributed by atoms with van der Waals surface area (Å²) in [6, 6.07) is 6.15. The number of nitrogens with one attached hydrogen (secondary N) is 1. The molecule has 4 nitrogen and oxygen atoms in total. The van der Waals surface area contributed by atoms with Gasteiger partial charge in [-0.2, -0.15) is 0 Å². The Morgan fingerprint density at radius 3 is 2.89 bits per heavy atom. The third-order valence-corrected chi connectivity index (χ3v) is 3.36. The average Bonchev–Trinajstić information content (AvgIpc) is 2.81. The minimum Gasteiger partial charge on any atom is -0.358 e. The lowest BCUT2D eigenvalue weighted by Crippen LogP contribution is -2.22. The van der Waals surface area contributed by atoms with Crippen molar-refractivity contribution >= 4 is 11.5 Å². The Hall–Kier alpha value is -1.55. The summed E-state index contributed by atoms with van der Waals surface area (Å²) in [6.45, 7) is 7.23. The summed E-state index contributed by atoms with van der Waals surface area (Å²) in [5, 5.41) is 3.41. The number of anilines is 1. The first-order valence-electron chi connectivity index (χ1n) is 7.15. The molecule has 2 rings (SSSR count). The summed E-state index contributed by atoms with van der Waals surface area (Å²) in [7, 11) is 2.13. The van der Waals surface area contributed by atoms with Crippen LogP contribution in [-0.4, -0.2) is 29.5 Å². The zero-order chi connectivity index (χ0) is 13.7. The molecule has 0 atom stereocenters. The van der Waals surface area contributed by atoms with E-state index >= 15 is 0 Å². The second-order valence-electron chi connectivity index (χ2n) is 4.87. The minimum atomic E-state index is 0.855. The van der Waals surface area contributed by atoms with Crippen molar-refractivity contribution in [1.29, 1.82) is 0 Å². The van der Waals surface area contributed by atoms with Gasteiger partial charge in [0.25, 0.3) is 0 Å². The molecule has 0 fully saturated rings. The maximum atomic E-state index is 4.77. The van der Waals surface area contributed by atoms with E-state index in [9.17, 15) is 0 Å². The molecule has 0 radical (unpaired) electrons. The molecule has 2 heterocycles. The van der Waals surface area contributed by atoms with Gasteiger partial charge >= 0.3 is 0 Å². The lowest BCUT2D eigenvalue weighted by Gasteiger charge is -2.18. The number of hydrogen-bond donors (Lipinski definition) is 1. The van der Waals surface area contributed by atoms with Gasteiger partial charge in [0, 0.05) is 26.3 Å².